The molecule has 5 unspecified atom stereocenters. The summed E-state index contributed by atoms with van der Waals surface area (Å²) in [7, 11) is 0. The Kier molecular flexibility index (Phi) is 7.02. The van der Waals surface area contributed by atoms with Crippen LogP contribution in [-0.4, -0.2) is 52.7 Å². The van der Waals surface area contributed by atoms with Gasteiger partial charge in [0.05, 0.1) is 12.3 Å². The molecule has 0 amide bonds. The summed E-state index contributed by atoms with van der Waals surface area (Å²) >= 11 is 0. The highest BCUT2D eigenvalue weighted by molar-refractivity contribution is 5.92. The van der Waals surface area contributed by atoms with Crippen LogP contribution in [0, 0.1) is 5.92 Å². The maximum atomic E-state index is 12.8. The standard InChI is InChI=1S/C22H28O8/c1-7-11(2)20(25)30-17-10-22(6,27)18(24)9-15(28-14(5)23)12(3)8-16-19(17)13(4)21(26)29-16/h7-8,15-17,19,27H,4,9-10H2,1-3,5-6H3. The molecule has 0 bridgehead atoms. The molecule has 0 aromatic rings. The number of Topliss-reactive ketones (excluding diaryl/α,β-unsaturated/α-hetero) is 1. The normalized spacial score (nSPS) is 32.7. The first-order valence-electron chi connectivity index (χ1n) is 9.72. The number of rotatable bonds is 3. The maximum Gasteiger partial charge on any atom is 0.334 e. The van der Waals surface area contributed by atoms with Crippen molar-refractivity contribution in [1.82, 2.24) is 0 Å². The third kappa shape index (κ3) is 5.05. The number of ether oxygens (including phenoxy) is 3. The molecule has 0 aromatic heterocycles. The van der Waals surface area contributed by atoms with E-state index in [-0.39, 0.29) is 18.4 Å². The number of fused-ring (bicyclic) bond motifs is 1. The van der Waals surface area contributed by atoms with E-state index in [1.165, 1.54) is 13.8 Å². The van der Waals surface area contributed by atoms with Crippen molar-refractivity contribution in [3.05, 3.63) is 35.5 Å². The molecular formula is C22H28O8. The Labute approximate surface area is 175 Å². The lowest BCUT2D eigenvalue weighted by Crippen LogP contribution is -2.46. The Hall–Kier alpha value is -2.74. The fraction of sp³-hybridized carbons (Fsp3) is 0.545. The van der Waals surface area contributed by atoms with Crippen LogP contribution in [0.25, 0.3) is 0 Å². The Balaban J connectivity index is 2.55. The van der Waals surface area contributed by atoms with E-state index < -0.39 is 53.5 Å². The smallest absolute Gasteiger partial charge is 0.334 e. The van der Waals surface area contributed by atoms with Gasteiger partial charge in [0.25, 0.3) is 0 Å². The molecule has 1 saturated heterocycles. The van der Waals surface area contributed by atoms with E-state index in [9.17, 15) is 24.3 Å². The first-order valence-corrected chi connectivity index (χ1v) is 9.72. The minimum Gasteiger partial charge on any atom is -0.458 e. The van der Waals surface area contributed by atoms with Gasteiger partial charge in [-0.05, 0) is 39.3 Å². The van der Waals surface area contributed by atoms with E-state index in [2.05, 4.69) is 6.58 Å². The zero-order chi connectivity index (χ0) is 22.8. The van der Waals surface area contributed by atoms with E-state index in [1.807, 2.05) is 0 Å². The Morgan fingerprint density at radius 1 is 1.30 bits per heavy atom. The van der Waals surface area contributed by atoms with Gasteiger partial charge in [0.15, 0.2) is 5.78 Å². The van der Waals surface area contributed by atoms with Gasteiger partial charge in [0.2, 0.25) is 0 Å². The number of esters is 3. The highest BCUT2D eigenvalue weighted by Gasteiger charge is 2.49. The first kappa shape index (κ1) is 23.5. The number of carbonyl (C=O) groups excluding carboxylic acids is 4. The van der Waals surface area contributed by atoms with Crippen molar-refractivity contribution >= 4 is 23.7 Å². The summed E-state index contributed by atoms with van der Waals surface area (Å²) in [4.78, 5) is 48.9. The van der Waals surface area contributed by atoms with Crippen LogP contribution in [0.15, 0.2) is 35.5 Å². The van der Waals surface area contributed by atoms with Crippen molar-refractivity contribution in [3.63, 3.8) is 0 Å². The fourth-order valence-electron chi connectivity index (χ4n) is 3.53. The average Bonchev–Trinajstić information content (AvgIpc) is 2.91. The summed E-state index contributed by atoms with van der Waals surface area (Å²) in [5.41, 5.74) is -1.01. The summed E-state index contributed by atoms with van der Waals surface area (Å²) < 4.78 is 16.2. The van der Waals surface area contributed by atoms with Gasteiger partial charge in [-0.15, -0.1) is 0 Å². The van der Waals surface area contributed by atoms with Gasteiger partial charge in [-0.1, -0.05) is 12.7 Å². The Morgan fingerprint density at radius 2 is 1.93 bits per heavy atom. The predicted octanol–water partition coefficient (Wildman–Crippen LogP) is 1.95. The molecule has 164 valence electrons. The van der Waals surface area contributed by atoms with Gasteiger partial charge < -0.3 is 19.3 Å². The van der Waals surface area contributed by atoms with E-state index >= 15 is 0 Å². The summed E-state index contributed by atoms with van der Waals surface area (Å²) in [5.74, 6) is -3.27. The van der Waals surface area contributed by atoms with Crippen LogP contribution in [0.5, 0.6) is 0 Å². The summed E-state index contributed by atoms with van der Waals surface area (Å²) in [6, 6.07) is 0. The highest BCUT2D eigenvalue weighted by Crippen LogP contribution is 2.38. The van der Waals surface area contributed by atoms with Crippen LogP contribution < -0.4 is 0 Å². The van der Waals surface area contributed by atoms with Crippen molar-refractivity contribution in [3.8, 4) is 0 Å². The molecule has 8 nitrogen and oxygen atoms in total. The second-order valence-corrected chi connectivity index (χ2v) is 7.95. The van der Waals surface area contributed by atoms with Crippen LogP contribution in [0.1, 0.15) is 47.5 Å². The first-order chi connectivity index (χ1) is 13.9. The SMILES string of the molecule is C=C1C(=O)OC2C=C(C)C(OC(C)=O)CC(=O)C(C)(O)CC(OC(=O)C(C)=CC)C12. The number of aliphatic hydroxyl groups is 1. The Morgan fingerprint density at radius 3 is 2.50 bits per heavy atom. The van der Waals surface area contributed by atoms with Gasteiger partial charge in [0, 0.05) is 24.5 Å². The molecule has 1 heterocycles. The molecular weight excluding hydrogens is 392 g/mol. The van der Waals surface area contributed by atoms with E-state index in [1.54, 1.807) is 32.9 Å². The molecule has 0 saturated carbocycles. The lowest BCUT2D eigenvalue weighted by atomic mass is 9.79. The second kappa shape index (κ2) is 8.95. The van der Waals surface area contributed by atoms with Crippen LogP contribution in [-0.2, 0) is 33.4 Å². The predicted molar refractivity (Wildman–Crippen MR) is 106 cm³/mol. The summed E-state index contributed by atoms with van der Waals surface area (Å²) in [5, 5.41) is 10.9. The van der Waals surface area contributed by atoms with Crippen molar-refractivity contribution in [2.24, 2.45) is 5.92 Å². The average molecular weight is 420 g/mol. The van der Waals surface area contributed by atoms with E-state index in [0.717, 1.165) is 0 Å². The summed E-state index contributed by atoms with van der Waals surface area (Å²) in [6.07, 6.45) is -0.201. The van der Waals surface area contributed by atoms with Crippen LogP contribution in [0.4, 0.5) is 0 Å². The molecule has 2 rings (SSSR count). The molecule has 1 fully saturated rings. The zero-order valence-electron chi connectivity index (χ0n) is 17.9. The molecule has 1 aliphatic carbocycles. The summed E-state index contributed by atoms with van der Waals surface area (Å²) in [6.45, 7) is 11.2. The van der Waals surface area contributed by atoms with E-state index in [4.69, 9.17) is 14.2 Å². The number of hydrogen-bond acceptors (Lipinski definition) is 8. The van der Waals surface area contributed by atoms with Crippen LogP contribution in [0.3, 0.4) is 0 Å². The van der Waals surface area contributed by atoms with Crippen molar-refractivity contribution < 1.29 is 38.5 Å². The highest BCUT2D eigenvalue weighted by atomic mass is 16.6. The lowest BCUT2D eigenvalue weighted by molar-refractivity contribution is -0.158. The third-order valence-electron chi connectivity index (χ3n) is 5.49. The molecule has 0 aromatic carbocycles. The zero-order valence-corrected chi connectivity index (χ0v) is 17.9. The quantitative estimate of drug-likeness (QED) is 0.319. The maximum absolute atomic E-state index is 12.8. The number of ketones is 1. The largest absolute Gasteiger partial charge is 0.458 e. The van der Waals surface area contributed by atoms with Gasteiger partial charge >= 0.3 is 17.9 Å². The fourth-order valence-corrected chi connectivity index (χ4v) is 3.53. The Bertz CT molecular complexity index is 832. The van der Waals surface area contributed by atoms with E-state index in [0.29, 0.717) is 11.1 Å². The van der Waals surface area contributed by atoms with Crippen molar-refractivity contribution in [2.75, 3.05) is 0 Å². The second-order valence-electron chi connectivity index (χ2n) is 7.95. The molecule has 0 spiro atoms. The molecule has 5 atom stereocenters. The molecule has 1 aliphatic heterocycles. The molecule has 30 heavy (non-hydrogen) atoms. The third-order valence-corrected chi connectivity index (χ3v) is 5.49. The molecule has 1 N–H and O–H groups in total. The van der Waals surface area contributed by atoms with Gasteiger partial charge in [0.1, 0.15) is 23.9 Å². The monoisotopic (exact) mass is 420 g/mol. The number of allylic oxidation sites excluding steroid dienone is 1. The lowest BCUT2D eigenvalue weighted by Gasteiger charge is -2.34. The van der Waals surface area contributed by atoms with Gasteiger partial charge in [-0.2, -0.15) is 0 Å². The van der Waals surface area contributed by atoms with Crippen LogP contribution in [0.2, 0.25) is 0 Å². The molecule has 8 heteroatoms. The molecule has 0 radical (unpaired) electrons. The van der Waals surface area contributed by atoms with Gasteiger partial charge in [-0.3, -0.25) is 9.59 Å². The van der Waals surface area contributed by atoms with Crippen molar-refractivity contribution in [2.45, 2.75) is 71.4 Å². The molecule has 2 aliphatic rings. The minimum atomic E-state index is -1.90. The van der Waals surface area contributed by atoms with Crippen molar-refractivity contribution in [1.29, 1.82) is 0 Å². The van der Waals surface area contributed by atoms with Crippen LogP contribution >= 0.6 is 0 Å². The number of hydrogen-bond donors (Lipinski definition) is 1. The number of carbonyl (C=O) groups is 4. The minimum absolute atomic E-state index is 0.0767. The topological polar surface area (TPSA) is 116 Å². The van der Waals surface area contributed by atoms with Gasteiger partial charge in [-0.25, -0.2) is 9.59 Å².